The lowest BCUT2D eigenvalue weighted by Gasteiger charge is -2.07. The molecule has 0 heterocycles. The molecule has 0 bridgehead atoms. The summed E-state index contributed by atoms with van der Waals surface area (Å²) in [6.07, 6.45) is -1.03. The lowest BCUT2D eigenvalue weighted by atomic mass is 10.2. The number of aliphatic hydroxyl groups excluding tert-OH is 1. The molecule has 1 aromatic rings. The zero-order chi connectivity index (χ0) is 18.9. The highest BCUT2D eigenvalue weighted by Crippen LogP contribution is 2.15. The maximum absolute atomic E-state index is 11.1. The minimum Gasteiger partial charge on any atom is -0.479 e. The lowest BCUT2D eigenvalue weighted by Crippen LogP contribution is -2.13. The number of hydrogen-bond donors (Lipinski definition) is 3. The van der Waals surface area contributed by atoms with Crippen LogP contribution < -0.4 is 0 Å². The summed E-state index contributed by atoms with van der Waals surface area (Å²) < 4.78 is 36.1. The van der Waals surface area contributed by atoms with Crippen molar-refractivity contribution in [1.29, 1.82) is 0 Å². The third-order valence-corrected chi connectivity index (χ3v) is 3.52. The van der Waals surface area contributed by atoms with Crippen LogP contribution in [0.2, 0.25) is 0 Å². The zero-order valence-electron chi connectivity index (χ0n) is 13.3. The van der Waals surface area contributed by atoms with Crippen molar-refractivity contribution < 1.29 is 37.5 Å². The highest BCUT2D eigenvalue weighted by molar-refractivity contribution is 7.85. The average Bonchev–Trinajstić information content (AvgIpc) is 2.47. The summed E-state index contributed by atoms with van der Waals surface area (Å²) in [6.45, 7) is 6.17. The molecular formula is C15H20O8S. The molecule has 1 aromatic carbocycles. The summed E-state index contributed by atoms with van der Waals surface area (Å²) in [4.78, 5) is 20.4. The molecule has 0 aliphatic carbocycles. The van der Waals surface area contributed by atoms with E-state index >= 15 is 0 Å². The van der Waals surface area contributed by atoms with Crippen molar-refractivity contribution in [3.05, 3.63) is 42.0 Å². The summed E-state index contributed by atoms with van der Waals surface area (Å²) in [5.41, 5.74) is 0.674. The van der Waals surface area contributed by atoms with Crippen LogP contribution in [-0.2, 0) is 30.9 Å². The first-order valence-electron chi connectivity index (χ1n) is 6.75. The first kappa shape index (κ1) is 21.8. The summed E-state index contributed by atoms with van der Waals surface area (Å²) in [6, 6.07) is 6.00. The highest BCUT2D eigenvalue weighted by atomic mass is 32.2. The van der Waals surface area contributed by atoms with E-state index in [9.17, 15) is 18.0 Å². The van der Waals surface area contributed by atoms with Gasteiger partial charge in [-0.15, -0.1) is 0 Å². The fourth-order valence-corrected chi connectivity index (χ4v) is 2.09. The van der Waals surface area contributed by atoms with Crippen molar-refractivity contribution in [3.63, 3.8) is 0 Å². The first-order chi connectivity index (χ1) is 11.0. The standard InChI is InChI=1S/C12H14O5S.C3H6O3/c1-9(2)12(13)17-8-7-10-5-3-4-6-11(10)18(14,15)16;1-2(4)3(5)6/h3-6H,1,7-8H2,2H3,(H,14,15,16);2,4H,1H3,(H,5,6). The van der Waals surface area contributed by atoms with Gasteiger partial charge in [0.1, 0.15) is 6.10 Å². The molecule has 0 saturated heterocycles. The molecule has 1 atom stereocenters. The van der Waals surface area contributed by atoms with Gasteiger partial charge in [-0.05, 0) is 25.5 Å². The van der Waals surface area contributed by atoms with Crippen molar-refractivity contribution in [1.82, 2.24) is 0 Å². The fourth-order valence-electron chi connectivity index (χ4n) is 1.34. The van der Waals surface area contributed by atoms with E-state index in [1.807, 2.05) is 0 Å². The van der Waals surface area contributed by atoms with Crippen LogP contribution in [0.15, 0.2) is 41.3 Å². The van der Waals surface area contributed by atoms with Gasteiger partial charge in [0.05, 0.1) is 11.5 Å². The fraction of sp³-hybridized carbons (Fsp3) is 0.333. The van der Waals surface area contributed by atoms with Crippen molar-refractivity contribution in [2.75, 3.05) is 6.61 Å². The van der Waals surface area contributed by atoms with Crippen LogP contribution in [0.5, 0.6) is 0 Å². The van der Waals surface area contributed by atoms with Gasteiger partial charge in [-0.2, -0.15) is 8.42 Å². The summed E-state index contributed by atoms with van der Waals surface area (Å²) in [5, 5.41) is 15.8. The topological polar surface area (TPSA) is 138 Å². The van der Waals surface area contributed by atoms with E-state index in [1.54, 1.807) is 12.1 Å². The Labute approximate surface area is 140 Å². The van der Waals surface area contributed by atoms with Gasteiger partial charge in [-0.3, -0.25) is 4.55 Å². The molecule has 8 nitrogen and oxygen atoms in total. The third kappa shape index (κ3) is 8.42. The second-order valence-electron chi connectivity index (χ2n) is 4.76. The Morgan fingerprint density at radius 3 is 2.21 bits per heavy atom. The van der Waals surface area contributed by atoms with Crippen molar-refractivity contribution >= 4 is 22.1 Å². The van der Waals surface area contributed by atoms with Crippen LogP contribution in [0.1, 0.15) is 19.4 Å². The Hall–Kier alpha value is -2.23. The van der Waals surface area contributed by atoms with E-state index in [1.165, 1.54) is 26.0 Å². The molecular weight excluding hydrogens is 340 g/mol. The van der Waals surface area contributed by atoms with Gasteiger partial charge in [0.15, 0.2) is 0 Å². The third-order valence-electron chi connectivity index (χ3n) is 2.56. The summed E-state index contributed by atoms with van der Waals surface area (Å²) in [5.74, 6) is -1.71. The summed E-state index contributed by atoms with van der Waals surface area (Å²) in [7, 11) is -4.26. The molecule has 0 radical (unpaired) electrons. The van der Waals surface area contributed by atoms with E-state index in [0.29, 0.717) is 5.56 Å². The van der Waals surface area contributed by atoms with Crippen molar-refractivity contribution in [3.8, 4) is 0 Å². The van der Waals surface area contributed by atoms with Gasteiger partial charge in [0.2, 0.25) is 0 Å². The number of carboxylic acid groups (broad SMARTS) is 1. The van der Waals surface area contributed by atoms with Crippen LogP contribution in [0.4, 0.5) is 0 Å². The van der Waals surface area contributed by atoms with Gasteiger partial charge in [0, 0.05) is 12.0 Å². The van der Waals surface area contributed by atoms with Gasteiger partial charge < -0.3 is 14.9 Å². The van der Waals surface area contributed by atoms with Crippen LogP contribution in [0.25, 0.3) is 0 Å². The first-order valence-corrected chi connectivity index (χ1v) is 8.19. The predicted octanol–water partition coefficient (Wildman–Crippen LogP) is 1.05. The lowest BCUT2D eigenvalue weighted by molar-refractivity contribution is -0.145. The maximum Gasteiger partial charge on any atom is 0.333 e. The van der Waals surface area contributed by atoms with Crippen molar-refractivity contribution in [2.45, 2.75) is 31.3 Å². The van der Waals surface area contributed by atoms with Crippen LogP contribution in [0.3, 0.4) is 0 Å². The number of benzene rings is 1. The normalized spacial score (nSPS) is 11.7. The second-order valence-corrected chi connectivity index (χ2v) is 6.15. The zero-order valence-corrected chi connectivity index (χ0v) is 14.1. The number of ether oxygens (including phenoxy) is 1. The Morgan fingerprint density at radius 1 is 1.29 bits per heavy atom. The molecule has 0 spiro atoms. The number of hydrogen-bond acceptors (Lipinski definition) is 6. The molecule has 0 saturated carbocycles. The molecule has 134 valence electrons. The minimum atomic E-state index is -4.26. The Balaban J connectivity index is 0.000000754. The molecule has 0 amide bonds. The molecule has 24 heavy (non-hydrogen) atoms. The van der Waals surface area contributed by atoms with Gasteiger partial charge in [-0.25, -0.2) is 9.59 Å². The van der Waals surface area contributed by atoms with Gasteiger partial charge >= 0.3 is 11.9 Å². The molecule has 9 heteroatoms. The molecule has 0 fully saturated rings. The van der Waals surface area contributed by atoms with Gasteiger partial charge in [0.25, 0.3) is 10.1 Å². The average molecular weight is 360 g/mol. The smallest absolute Gasteiger partial charge is 0.333 e. The molecule has 0 aromatic heterocycles. The number of rotatable bonds is 6. The van der Waals surface area contributed by atoms with E-state index < -0.39 is 28.2 Å². The number of carbonyl (C=O) groups excluding carboxylic acids is 1. The molecule has 1 rings (SSSR count). The van der Waals surface area contributed by atoms with Gasteiger partial charge in [-0.1, -0.05) is 24.8 Å². The highest BCUT2D eigenvalue weighted by Gasteiger charge is 2.14. The number of esters is 1. The van der Waals surface area contributed by atoms with Crippen LogP contribution in [0, 0.1) is 0 Å². The number of aliphatic hydroxyl groups is 1. The predicted molar refractivity (Wildman–Crippen MR) is 85.1 cm³/mol. The van der Waals surface area contributed by atoms with E-state index in [-0.39, 0.29) is 23.5 Å². The van der Waals surface area contributed by atoms with E-state index in [2.05, 4.69) is 6.58 Å². The summed E-state index contributed by atoms with van der Waals surface area (Å²) >= 11 is 0. The van der Waals surface area contributed by atoms with Crippen LogP contribution >= 0.6 is 0 Å². The van der Waals surface area contributed by atoms with E-state index in [4.69, 9.17) is 19.5 Å². The molecule has 0 aliphatic heterocycles. The maximum atomic E-state index is 11.1. The van der Waals surface area contributed by atoms with E-state index in [0.717, 1.165) is 0 Å². The molecule has 1 unspecified atom stereocenters. The molecule has 0 aliphatic rings. The number of carbonyl (C=O) groups is 2. The molecule has 3 N–H and O–H groups in total. The van der Waals surface area contributed by atoms with Crippen LogP contribution in [-0.4, -0.2) is 47.8 Å². The quantitative estimate of drug-likeness (QED) is 0.389. The second kappa shape index (κ2) is 9.81. The monoisotopic (exact) mass is 360 g/mol. The minimum absolute atomic E-state index is 0.0260. The Bertz CT molecular complexity index is 691. The Kier molecular flexibility index (Phi) is 8.90. The largest absolute Gasteiger partial charge is 0.479 e. The number of carboxylic acids is 1. The Morgan fingerprint density at radius 2 is 1.79 bits per heavy atom. The van der Waals surface area contributed by atoms with Crippen molar-refractivity contribution in [2.24, 2.45) is 0 Å². The SMILES string of the molecule is C=C(C)C(=O)OCCc1ccccc1S(=O)(=O)O.CC(O)C(=O)O. The number of aliphatic carboxylic acids is 1.